The molecule has 0 radical (unpaired) electrons. The van der Waals surface area contributed by atoms with Crippen molar-refractivity contribution in [2.75, 3.05) is 22.5 Å². The fourth-order valence-corrected chi connectivity index (χ4v) is 5.90. The predicted molar refractivity (Wildman–Crippen MR) is 127 cm³/mol. The highest BCUT2D eigenvalue weighted by Gasteiger charge is 2.34. The van der Waals surface area contributed by atoms with Gasteiger partial charge in [-0.05, 0) is 30.2 Å². The summed E-state index contributed by atoms with van der Waals surface area (Å²) in [4.78, 5) is 26.9. The van der Waals surface area contributed by atoms with Crippen molar-refractivity contribution in [2.24, 2.45) is 0 Å². The molecule has 33 heavy (non-hydrogen) atoms. The van der Waals surface area contributed by atoms with Gasteiger partial charge in [-0.3, -0.25) is 9.59 Å². The zero-order valence-electron chi connectivity index (χ0n) is 18.1. The van der Waals surface area contributed by atoms with E-state index in [2.05, 4.69) is 22.4 Å². The summed E-state index contributed by atoms with van der Waals surface area (Å²) in [6, 6.07) is 15.9. The molecule has 1 saturated heterocycles. The van der Waals surface area contributed by atoms with Crippen LogP contribution in [0.2, 0.25) is 0 Å². The summed E-state index contributed by atoms with van der Waals surface area (Å²) in [6.07, 6.45) is 0.977. The van der Waals surface area contributed by atoms with Gasteiger partial charge in [0.25, 0.3) is 0 Å². The maximum atomic E-state index is 12.7. The van der Waals surface area contributed by atoms with E-state index >= 15 is 0 Å². The van der Waals surface area contributed by atoms with E-state index in [0.717, 1.165) is 17.7 Å². The first-order chi connectivity index (χ1) is 15.9. The molecule has 8 nitrogen and oxygen atoms in total. The highest BCUT2D eigenvalue weighted by molar-refractivity contribution is 7.91. The number of hydrogen-bond acceptors (Lipinski definition) is 7. The molecule has 1 aliphatic heterocycles. The Bertz CT molecular complexity index is 1260. The summed E-state index contributed by atoms with van der Waals surface area (Å²) < 4.78 is 24.7. The first kappa shape index (κ1) is 23.1. The number of anilines is 2. The van der Waals surface area contributed by atoms with Gasteiger partial charge in [-0.2, -0.15) is 0 Å². The number of para-hydroxylation sites is 1. The smallest absolute Gasteiger partial charge is 0.227 e. The molecule has 1 aliphatic rings. The van der Waals surface area contributed by atoms with Gasteiger partial charge in [0.1, 0.15) is 5.01 Å². The Labute approximate surface area is 196 Å². The average molecular weight is 485 g/mol. The lowest BCUT2D eigenvalue weighted by Gasteiger charge is -2.19. The Kier molecular flexibility index (Phi) is 6.85. The van der Waals surface area contributed by atoms with E-state index < -0.39 is 15.7 Å². The monoisotopic (exact) mass is 484 g/mol. The lowest BCUT2D eigenvalue weighted by Crippen LogP contribution is -2.25. The quantitative estimate of drug-likeness (QED) is 0.525. The van der Waals surface area contributed by atoms with Crippen LogP contribution in [0.5, 0.6) is 0 Å². The third-order valence-electron chi connectivity index (χ3n) is 5.52. The van der Waals surface area contributed by atoms with Gasteiger partial charge in [0, 0.05) is 31.0 Å². The van der Waals surface area contributed by atoms with Gasteiger partial charge >= 0.3 is 0 Å². The van der Waals surface area contributed by atoms with Crippen molar-refractivity contribution in [1.29, 1.82) is 0 Å². The molecule has 0 aliphatic carbocycles. The van der Waals surface area contributed by atoms with Gasteiger partial charge in [-0.1, -0.05) is 54.7 Å². The molecule has 1 N–H and O–H groups in total. The third kappa shape index (κ3) is 5.28. The van der Waals surface area contributed by atoms with Crippen LogP contribution in [-0.2, 0) is 25.8 Å². The lowest BCUT2D eigenvalue weighted by molar-refractivity contribution is -0.117. The molecule has 3 aromatic rings. The lowest BCUT2D eigenvalue weighted by atomic mass is 10.1. The third-order valence-corrected chi connectivity index (χ3v) is 8.26. The SMILES string of the molecule is CCc1ccccc1N1C[C@H](c2nnc(NC(=O)CCS(=O)(=O)c3ccccc3)s2)CC1=O. The first-order valence-electron chi connectivity index (χ1n) is 10.7. The number of aromatic nitrogens is 2. The molecule has 0 bridgehead atoms. The number of sulfone groups is 1. The van der Waals surface area contributed by atoms with E-state index in [9.17, 15) is 18.0 Å². The molecule has 1 fully saturated rings. The summed E-state index contributed by atoms with van der Waals surface area (Å²) >= 11 is 1.21. The minimum atomic E-state index is -3.54. The Morgan fingerprint density at radius 3 is 2.61 bits per heavy atom. The molecule has 2 aromatic carbocycles. The van der Waals surface area contributed by atoms with E-state index in [1.165, 1.54) is 23.5 Å². The molecule has 2 heterocycles. The zero-order valence-corrected chi connectivity index (χ0v) is 19.7. The van der Waals surface area contributed by atoms with Crippen LogP contribution in [0.15, 0.2) is 59.5 Å². The van der Waals surface area contributed by atoms with Crippen molar-refractivity contribution in [2.45, 2.75) is 37.0 Å². The molecule has 1 aromatic heterocycles. The second-order valence-electron chi connectivity index (χ2n) is 7.76. The van der Waals surface area contributed by atoms with Crippen LogP contribution in [0.25, 0.3) is 0 Å². The van der Waals surface area contributed by atoms with Gasteiger partial charge < -0.3 is 10.2 Å². The minimum Gasteiger partial charge on any atom is -0.311 e. The fraction of sp³-hybridized carbons (Fsp3) is 0.304. The van der Waals surface area contributed by atoms with Gasteiger partial charge in [-0.25, -0.2) is 8.42 Å². The van der Waals surface area contributed by atoms with E-state index in [-0.39, 0.29) is 28.9 Å². The summed E-state index contributed by atoms with van der Waals surface area (Å²) in [6.45, 7) is 2.56. The van der Waals surface area contributed by atoms with Gasteiger partial charge in [0.15, 0.2) is 9.84 Å². The zero-order chi connectivity index (χ0) is 23.4. The van der Waals surface area contributed by atoms with Crippen molar-refractivity contribution in [3.63, 3.8) is 0 Å². The number of amides is 2. The molecule has 172 valence electrons. The predicted octanol–water partition coefficient (Wildman–Crippen LogP) is 3.42. The number of rotatable bonds is 8. The van der Waals surface area contributed by atoms with Crippen LogP contribution in [-0.4, -0.2) is 42.7 Å². The van der Waals surface area contributed by atoms with Crippen LogP contribution in [0.4, 0.5) is 10.8 Å². The largest absolute Gasteiger partial charge is 0.311 e. The summed E-state index contributed by atoms with van der Waals surface area (Å²) in [5, 5.41) is 11.8. The van der Waals surface area contributed by atoms with Crippen molar-refractivity contribution < 1.29 is 18.0 Å². The topological polar surface area (TPSA) is 109 Å². The number of nitrogens with zero attached hydrogens (tertiary/aromatic N) is 3. The highest BCUT2D eigenvalue weighted by Crippen LogP contribution is 2.35. The van der Waals surface area contributed by atoms with E-state index in [1.54, 1.807) is 23.1 Å². The summed E-state index contributed by atoms with van der Waals surface area (Å²) in [5.41, 5.74) is 2.03. The van der Waals surface area contributed by atoms with Crippen LogP contribution in [0, 0.1) is 0 Å². The van der Waals surface area contributed by atoms with E-state index in [1.807, 2.05) is 24.3 Å². The van der Waals surface area contributed by atoms with E-state index in [4.69, 9.17) is 0 Å². The molecule has 2 amide bonds. The summed E-state index contributed by atoms with van der Waals surface area (Å²) in [7, 11) is -3.54. The Hall–Kier alpha value is -3.11. The Balaban J connectivity index is 1.36. The van der Waals surface area contributed by atoms with Gasteiger partial charge in [0.2, 0.25) is 16.9 Å². The maximum Gasteiger partial charge on any atom is 0.227 e. The van der Waals surface area contributed by atoms with Crippen LogP contribution < -0.4 is 10.2 Å². The van der Waals surface area contributed by atoms with Crippen LogP contribution in [0.3, 0.4) is 0 Å². The molecule has 1 atom stereocenters. The van der Waals surface area contributed by atoms with Crippen molar-refractivity contribution in [3.05, 3.63) is 65.2 Å². The Morgan fingerprint density at radius 2 is 1.85 bits per heavy atom. The fourth-order valence-electron chi connectivity index (χ4n) is 3.78. The van der Waals surface area contributed by atoms with Crippen molar-refractivity contribution in [1.82, 2.24) is 10.2 Å². The number of carbonyl (C=O) groups excluding carboxylic acids is 2. The van der Waals surface area contributed by atoms with E-state index in [0.29, 0.717) is 23.1 Å². The molecular formula is C23H24N4O4S2. The number of carbonyl (C=O) groups is 2. The second-order valence-corrected chi connectivity index (χ2v) is 10.9. The Morgan fingerprint density at radius 1 is 1.12 bits per heavy atom. The normalized spacial score (nSPS) is 16.2. The maximum absolute atomic E-state index is 12.7. The molecule has 0 saturated carbocycles. The molecule has 0 unspecified atom stereocenters. The molecule has 0 spiro atoms. The molecular weight excluding hydrogens is 460 g/mol. The van der Waals surface area contributed by atoms with Crippen LogP contribution in [0.1, 0.15) is 36.3 Å². The number of nitrogens with one attached hydrogen (secondary N) is 1. The number of hydrogen-bond donors (Lipinski definition) is 1. The number of aryl methyl sites for hydroxylation is 1. The van der Waals surface area contributed by atoms with Gasteiger partial charge in [-0.15, -0.1) is 10.2 Å². The highest BCUT2D eigenvalue weighted by atomic mass is 32.2. The minimum absolute atomic E-state index is 0.0350. The standard InChI is InChI=1S/C23H24N4O4S2/c1-2-16-8-6-7-11-19(16)27-15-17(14-21(27)29)22-25-26-23(32-22)24-20(28)12-13-33(30,31)18-9-4-3-5-10-18/h3-11,17H,2,12-15H2,1H3,(H,24,26,28)/t17-/m1/s1. The van der Waals surface area contributed by atoms with Crippen LogP contribution >= 0.6 is 11.3 Å². The number of benzene rings is 2. The first-order valence-corrected chi connectivity index (χ1v) is 13.1. The van der Waals surface area contributed by atoms with Gasteiger partial charge in [0.05, 0.1) is 10.6 Å². The van der Waals surface area contributed by atoms with Crippen molar-refractivity contribution >= 4 is 43.8 Å². The second kappa shape index (κ2) is 9.80. The average Bonchev–Trinajstić information content (AvgIpc) is 3.45. The molecule has 4 rings (SSSR count). The summed E-state index contributed by atoms with van der Waals surface area (Å²) in [5.74, 6) is -0.813. The van der Waals surface area contributed by atoms with Crippen molar-refractivity contribution in [3.8, 4) is 0 Å². The molecule has 10 heteroatoms.